The molecule has 2 heteroatoms. The first kappa shape index (κ1) is 13.8. The van der Waals surface area contributed by atoms with E-state index in [0.29, 0.717) is 12.5 Å². The number of likely N-dealkylation sites (N-methyl/N-ethyl adjacent to an activating group) is 1. The minimum absolute atomic E-state index is 0.332. The van der Waals surface area contributed by atoms with Crippen molar-refractivity contribution >= 4 is 0 Å². The molecule has 0 saturated heterocycles. The SMILES string of the molecule is CCON(C)CC(c1ccccc1)c1ccccc1. The molecule has 0 aliphatic rings. The largest absolute Gasteiger partial charge is 0.300 e. The topological polar surface area (TPSA) is 12.5 Å². The van der Waals surface area contributed by atoms with Gasteiger partial charge in [-0.05, 0) is 18.1 Å². The fourth-order valence-electron chi connectivity index (χ4n) is 2.30. The lowest BCUT2D eigenvalue weighted by Gasteiger charge is -2.24. The molecule has 0 radical (unpaired) electrons. The number of hydrogen-bond acceptors (Lipinski definition) is 2. The Labute approximate surface area is 115 Å². The van der Waals surface area contributed by atoms with Crippen LogP contribution in [-0.2, 0) is 4.84 Å². The number of nitrogens with zero attached hydrogens (tertiary/aromatic N) is 1. The third-order valence-electron chi connectivity index (χ3n) is 3.19. The van der Waals surface area contributed by atoms with E-state index in [1.54, 1.807) is 0 Å². The molecule has 0 spiro atoms. The molecule has 0 aliphatic heterocycles. The fourth-order valence-corrected chi connectivity index (χ4v) is 2.30. The van der Waals surface area contributed by atoms with Crippen LogP contribution in [0.15, 0.2) is 60.7 Å². The van der Waals surface area contributed by atoms with Gasteiger partial charge in [0.25, 0.3) is 0 Å². The molecule has 2 rings (SSSR count). The first-order valence-electron chi connectivity index (χ1n) is 6.75. The van der Waals surface area contributed by atoms with E-state index in [2.05, 4.69) is 60.7 Å². The highest BCUT2D eigenvalue weighted by Gasteiger charge is 2.16. The lowest BCUT2D eigenvalue weighted by atomic mass is 9.91. The van der Waals surface area contributed by atoms with Crippen LogP contribution in [0.25, 0.3) is 0 Å². The van der Waals surface area contributed by atoms with Gasteiger partial charge in [0.05, 0.1) is 6.61 Å². The average Bonchev–Trinajstić information content (AvgIpc) is 2.47. The highest BCUT2D eigenvalue weighted by atomic mass is 16.7. The van der Waals surface area contributed by atoms with Gasteiger partial charge in [-0.25, -0.2) is 0 Å². The number of hydroxylamine groups is 2. The van der Waals surface area contributed by atoms with E-state index in [4.69, 9.17) is 4.84 Å². The molecule has 0 bridgehead atoms. The molecule has 0 N–H and O–H groups in total. The number of hydrogen-bond donors (Lipinski definition) is 0. The van der Waals surface area contributed by atoms with Crippen LogP contribution in [0.1, 0.15) is 24.0 Å². The summed E-state index contributed by atoms with van der Waals surface area (Å²) in [6.07, 6.45) is 0. The van der Waals surface area contributed by atoms with Crippen molar-refractivity contribution in [3.8, 4) is 0 Å². The predicted octanol–water partition coefficient (Wildman–Crippen LogP) is 3.70. The van der Waals surface area contributed by atoms with Gasteiger partial charge in [0.2, 0.25) is 0 Å². The van der Waals surface area contributed by atoms with Crippen LogP contribution in [0.3, 0.4) is 0 Å². The average molecular weight is 255 g/mol. The Morgan fingerprint density at radius 3 is 1.79 bits per heavy atom. The Bertz CT molecular complexity index is 430. The summed E-state index contributed by atoms with van der Waals surface area (Å²) in [5, 5.41) is 1.92. The predicted molar refractivity (Wildman–Crippen MR) is 79.0 cm³/mol. The summed E-state index contributed by atoms with van der Waals surface area (Å²) >= 11 is 0. The van der Waals surface area contributed by atoms with E-state index in [1.165, 1.54) is 11.1 Å². The van der Waals surface area contributed by atoms with Crippen molar-refractivity contribution in [3.63, 3.8) is 0 Å². The Morgan fingerprint density at radius 1 is 0.895 bits per heavy atom. The molecule has 0 atom stereocenters. The van der Waals surface area contributed by atoms with Crippen LogP contribution in [0.4, 0.5) is 0 Å². The normalized spacial score (nSPS) is 11.2. The van der Waals surface area contributed by atoms with Gasteiger partial charge >= 0.3 is 0 Å². The number of rotatable bonds is 6. The molecule has 0 saturated carbocycles. The Morgan fingerprint density at radius 2 is 1.37 bits per heavy atom. The van der Waals surface area contributed by atoms with E-state index in [-0.39, 0.29) is 0 Å². The molecule has 0 amide bonds. The van der Waals surface area contributed by atoms with E-state index >= 15 is 0 Å². The zero-order valence-electron chi connectivity index (χ0n) is 11.6. The first-order valence-corrected chi connectivity index (χ1v) is 6.75. The lowest BCUT2D eigenvalue weighted by molar-refractivity contribution is -0.136. The molecule has 0 aliphatic carbocycles. The molecule has 2 aromatic rings. The van der Waals surface area contributed by atoms with Crippen LogP contribution in [0.5, 0.6) is 0 Å². The summed E-state index contributed by atoms with van der Waals surface area (Å²) < 4.78 is 0. The third-order valence-corrected chi connectivity index (χ3v) is 3.19. The Balaban J connectivity index is 2.24. The van der Waals surface area contributed by atoms with Crippen molar-refractivity contribution < 1.29 is 4.84 Å². The molecule has 0 fully saturated rings. The second kappa shape index (κ2) is 7.07. The summed E-state index contributed by atoms with van der Waals surface area (Å²) in [6, 6.07) is 21.2. The van der Waals surface area contributed by atoms with Crippen LogP contribution < -0.4 is 0 Å². The smallest absolute Gasteiger partial charge is 0.0656 e. The molecule has 0 aromatic heterocycles. The maximum atomic E-state index is 5.55. The van der Waals surface area contributed by atoms with Crippen molar-refractivity contribution in [2.75, 3.05) is 20.2 Å². The third kappa shape index (κ3) is 3.91. The van der Waals surface area contributed by atoms with Crippen molar-refractivity contribution in [3.05, 3.63) is 71.8 Å². The molecule has 2 nitrogen and oxygen atoms in total. The second-order valence-corrected chi connectivity index (χ2v) is 4.60. The van der Waals surface area contributed by atoms with Gasteiger partial charge in [0.15, 0.2) is 0 Å². The highest BCUT2D eigenvalue weighted by Crippen LogP contribution is 2.25. The van der Waals surface area contributed by atoms with Gasteiger partial charge in [-0.15, -0.1) is 0 Å². The fraction of sp³-hybridized carbons (Fsp3) is 0.294. The van der Waals surface area contributed by atoms with Crippen molar-refractivity contribution in [2.24, 2.45) is 0 Å². The first-order chi connectivity index (χ1) is 9.31. The zero-order chi connectivity index (χ0) is 13.5. The van der Waals surface area contributed by atoms with Crippen molar-refractivity contribution in [2.45, 2.75) is 12.8 Å². The van der Waals surface area contributed by atoms with Crippen molar-refractivity contribution in [1.29, 1.82) is 0 Å². The highest BCUT2D eigenvalue weighted by molar-refractivity contribution is 5.32. The quantitative estimate of drug-likeness (QED) is 0.730. The van der Waals surface area contributed by atoms with Crippen LogP contribution in [-0.4, -0.2) is 25.3 Å². The maximum Gasteiger partial charge on any atom is 0.0656 e. The van der Waals surface area contributed by atoms with Gasteiger partial charge in [0, 0.05) is 19.5 Å². The molecular formula is C17H21NO. The molecule has 100 valence electrons. The zero-order valence-corrected chi connectivity index (χ0v) is 11.6. The summed E-state index contributed by atoms with van der Waals surface area (Å²) in [7, 11) is 1.99. The lowest BCUT2D eigenvalue weighted by Crippen LogP contribution is -2.25. The molecule has 2 aromatic carbocycles. The summed E-state index contributed by atoms with van der Waals surface area (Å²) in [6.45, 7) is 3.56. The van der Waals surface area contributed by atoms with Gasteiger partial charge in [-0.2, -0.15) is 5.06 Å². The van der Waals surface area contributed by atoms with E-state index in [9.17, 15) is 0 Å². The van der Waals surface area contributed by atoms with Gasteiger partial charge in [-0.1, -0.05) is 60.7 Å². The molecule has 0 unspecified atom stereocenters. The van der Waals surface area contributed by atoms with Crippen LogP contribution in [0, 0.1) is 0 Å². The Kier molecular flexibility index (Phi) is 5.13. The van der Waals surface area contributed by atoms with E-state index < -0.39 is 0 Å². The van der Waals surface area contributed by atoms with Gasteiger partial charge in [0.1, 0.15) is 0 Å². The maximum absolute atomic E-state index is 5.55. The Hall–Kier alpha value is -1.64. The molecule has 0 heterocycles. The van der Waals surface area contributed by atoms with Crippen LogP contribution in [0.2, 0.25) is 0 Å². The van der Waals surface area contributed by atoms with Crippen LogP contribution >= 0.6 is 0 Å². The van der Waals surface area contributed by atoms with E-state index in [1.807, 2.05) is 19.0 Å². The summed E-state index contributed by atoms with van der Waals surface area (Å²) in [5.41, 5.74) is 2.64. The minimum Gasteiger partial charge on any atom is -0.300 e. The second-order valence-electron chi connectivity index (χ2n) is 4.60. The summed E-state index contributed by atoms with van der Waals surface area (Å²) in [5.74, 6) is 0.332. The minimum atomic E-state index is 0.332. The van der Waals surface area contributed by atoms with Crippen molar-refractivity contribution in [1.82, 2.24) is 5.06 Å². The van der Waals surface area contributed by atoms with Gasteiger partial charge < -0.3 is 0 Å². The molecular weight excluding hydrogens is 234 g/mol. The molecule has 19 heavy (non-hydrogen) atoms. The monoisotopic (exact) mass is 255 g/mol. The summed E-state index contributed by atoms with van der Waals surface area (Å²) in [4.78, 5) is 5.55. The van der Waals surface area contributed by atoms with Gasteiger partial charge in [-0.3, -0.25) is 4.84 Å². The number of benzene rings is 2. The standard InChI is InChI=1S/C17H21NO/c1-3-19-18(2)14-17(15-10-6-4-7-11-15)16-12-8-5-9-13-16/h4-13,17H,3,14H2,1-2H3. The van der Waals surface area contributed by atoms with E-state index in [0.717, 1.165) is 6.54 Å².